The molecule has 0 aromatic rings. The molecule has 3 nitrogen and oxygen atoms in total. The lowest BCUT2D eigenvalue weighted by Crippen LogP contribution is -2.29. The molecule has 0 saturated heterocycles. The second kappa shape index (κ2) is 6.48. The van der Waals surface area contributed by atoms with Crippen LogP contribution in [0.2, 0.25) is 0 Å². The summed E-state index contributed by atoms with van der Waals surface area (Å²) in [6.07, 6.45) is 1.10. The van der Waals surface area contributed by atoms with Crippen molar-refractivity contribution in [3.8, 4) is 0 Å². The van der Waals surface area contributed by atoms with Crippen LogP contribution in [-0.2, 0) is 4.79 Å². The minimum Gasteiger partial charge on any atom is -0.344 e. The van der Waals surface area contributed by atoms with Crippen LogP contribution in [0.4, 0.5) is 4.39 Å². The van der Waals surface area contributed by atoms with E-state index in [1.165, 1.54) is 4.90 Å². The standard InChI is InChI=1S/C6H13FN2O/c7-2-1-4-9(6-10)5-3-8/h6H,1-5,8H2. The highest BCUT2D eigenvalue weighted by atomic mass is 19.1. The van der Waals surface area contributed by atoms with E-state index < -0.39 is 0 Å². The average Bonchev–Trinajstić information content (AvgIpc) is 1.98. The molecule has 2 N–H and O–H groups in total. The van der Waals surface area contributed by atoms with E-state index in [9.17, 15) is 9.18 Å². The first kappa shape index (κ1) is 9.36. The first-order valence-electron chi connectivity index (χ1n) is 3.30. The Morgan fingerprint density at radius 1 is 1.50 bits per heavy atom. The molecule has 4 heteroatoms. The van der Waals surface area contributed by atoms with Crippen LogP contribution in [0, 0.1) is 0 Å². The van der Waals surface area contributed by atoms with Gasteiger partial charge >= 0.3 is 0 Å². The number of nitrogens with two attached hydrogens (primary N) is 1. The number of rotatable bonds is 6. The number of amides is 1. The van der Waals surface area contributed by atoms with E-state index in [4.69, 9.17) is 5.73 Å². The second-order valence-corrected chi connectivity index (χ2v) is 1.97. The van der Waals surface area contributed by atoms with Crippen molar-refractivity contribution in [2.75, 3.05) is 26.3 Å². The Morgan fingerprint density at radius 3 is 2.60 bits per heavy atom. The number of halogens is 1. The molecule has 0 unspecified atom stereocenters. The summed E-state index contributed by atoms with van der Waals surface area (Å²) in [5.41, 5.74) is 5.18. The summed E-state index contributed by atoms with van der Waals surface area (Å²) in [6, 6.07) is 0. The number of hydrogen-bond acceptors (Lipinski definition) is 2. The van der Waals surface area contributed by atoms with Crippen LogP contribution >= 0.6 is 0 Å². The van der Waals surface area contributed by atoms with Gasteiger partial charge in [-0.3, -0.25) is 9.18 Å². The zero-order valence-corrected chi connectivity index (χ0v) is 5.92. The topological polar surface area (TPSA) is 46.3 Å². The SMILES string of the molecule is NCCN(C=O)CCCF. The quantitative estimate of drug-likeness (QED) is 0.528. The molecule has 0 aliphatic heterocycles. The smallest absolute Gasteiger partial charge is 0.209 e. The Hall–Kier alpha value is -0.640. The van der Waals surface area contributed by atoms with Crippen molar-refractivity contribution in [1.82, 2.24) is 4.90 Å². The van der Waals surface area contributed by atoms with Crippen LogP contribution in [0.3, 0.4) is 0 Å². The van der Waals surface area contributed by atoms with Crippen LogP contribution in [0.1, 0.15) is 6.42 Å². The maximum absolute atomic E-state index is 11.6. The molecule has 10 heavy (non-hydrogen) atoms. The molecule has 0 heterocycles. The van der Waals surface area contributed by atoms with E-state index in [1.807, 2.05) is 0 Å². The predicted molar refractivity (Wildman–Crippen MR) is 37.3 cm³/mol. The van der Waals surface area contributed by atoms with Crippen molar-refractivity contribution < 1.29 is 9.18 Å². The van der Waals surface area contributed by atoms with Gasteiger partial charge in [0.05, 0.1) is 6.67 Å². The first-order valence-corrected chi connectivity index (χ1v) is 3.30. The van der Waals surface area contributed by atoms with Crippen LogP contribution in [0.15, 0.2) is 0 Å². The highest BCUT2D eigenvalue weighted by molar-refractivity contribution is 5.46. The second-order valence-electron chi connectivity index (χ2n) is 1.97. The fourth-order valence-corrected chi connectivity index (χ4v) is 0.646. The summed E-state index contributed by atoms with van der Waals surface area (Å²) in [5.74, 6) is 0. The van der Waals surface area contributed by atoms with E-state index in [2.05, 4.69) is 0 Å². The molecule has 60 valence electrons. The van der Waals surface area contributed by atoms with Crippen molar-refractivity contribution in [3.05, 3.63) is 0 Å². The molecule has 0 rings (SSSR count). The Morgan fingerprint density at radius 2 is 2.20 bits per heavy atom. The minimum atomic E-state index is -0.380. The third-order valence-electron chi connectivity index (χ3n) is 1.14. The molecule has 0 aliphatic rings. The summed E-state index contributed by atoms with van der Waals surface area (Å²) in [7, 11) is 0. The van der Waals surface area contributed by atoms with E-state index >= 15 is 0 Å². The molecular formula is C6H13FN2O. The predicted octanol–water partition coefficient (Wildman–Crippen LogP) is -0.237. The van der Waals surface area contributed by atoms with Gasteiger partial charge in [0.1, 0.15) is 0 Å². The van der Waals surface area contributed by atoms with Gasteiger partial charge < -0.3 is 10.6 Å². The Balaban J connectivity index is 3.29. The number of carbonyl (C=O) groups is 1. The highest BCUT2D eigenvalue weighted by Gasteiger charge is 1.97. The molecule has 0 saturated carbocycles. The van der Waals surface area contributed by atoms with Crippen LogP contribution < -0.4 is 5.73 Å². The fourth-order valence-electron chi connectivity index (χ4n) is 0.646. The number of carbonyl (C=O) groups excluding carboxylic acids is 1. The molecule has 0 spiro atoms. The van der Waals surface area contributed by atoms with Gasteiger partial charge in [-0.25, -0.2) is 0 Å². The van der Waals surface area contributed by atoms with Crippen molar-refractivity contribution in [2.45, 2.75) is 6.42 Å². The molecule has 0 aromatic carbocycles. The van der Waals surface area contributed by atoms with E-state index in [-0.39, 0.29) is 6.67 Å². The monoisotopic (exact) mass is 148 g/mol. The molecule has 0 aliphatic carbocycles. The van der Waals surface area contributed by atoms with Crippen LogP contribution in [0.25, 0.3) is 0 Å². The molecular weight excluding hydrogens is 135 g/mol. The lowest BCUT2D eigenvalue weighted by atomic mass is 10.4. The molecule has 0 bridgehead atoms. The summed E-state index contributed by atoms with van der Waals surface area (Å²) in [5, 5.41) is 0. The zero-order valence-electron chi connectivity index (χ0n) is 5.92. The summed E-state index contributed by atoms with van der Waals surface area (Å²) in [4.78, 5) is 11.6. The zero-order chi connectivity index (χ0) is 7.82. The maximum atomic E-state index is 11.6. The van der Waals surface area contributed by atoms with Crippen molar-refractivity contribution >= 4 is 6.41 Å². The normalized spacial score (nSPS) is 9.40. The van der Waals surface area contributed by atoms with Crippen molar-refractivity contribution in [3.63, 3.8) is 0 Å². The maximum Gasteiger partial charge on any atom is 0.209 e. The van der Waals surface area contributed by atoms with Gasteiger partial charge in [0.15, 0.2) is 0 Å². The Bertz CT molecular complexity index is 89.8. The molecule has 0 fully saturated rings. The van der Waals surface area contributed by atoms with E-state index in [0.717, 1.165) is 0 Å². The number of alkyl halides is 1. The third-order valence-corrected chi connectivity index (χ3v) is 1.14. The van der Waals surface area contributed by atoms with Gasteiger partial charge in [0, 0.05) is 19.6 Å². The largest absolute Gasteiger partial charge is 0.344 e. The first-order chi connectivity index (χ1) is 4.85. The molecule has 0 radical (unpaired) electrons. The lowest BCUT2D eigenvalue weighted by molar-refractivity contribution is -0.118. The van der Waals surface area contributed by atoms with Crippen LogP contribution in [0.5, 0.6) is 0 Å². The third kappa shape index (κ3) is 4.26. The highest BCUT2D eigenvalue weighted by Crippen LogP contribution is 1.86. The summed E-state index contributed by atoms with van der Waals surface area (Å²) in [6.45, 7) is 1.04. The molecule has 0 atom stereocenters. The Kier molecular flexibility index (Phi) is 6.06. The van der Waals surface area contributed by atoms with E-state index in [0.29, 0.717) is 32.5 Å². The van der Waals surface area contributed by atoms with Gasteiger partial charge in [0.2, 0.25) is 6.41 Å². The molecule has 0 aromatic heterocycles. The number of nitrogens with zero attached hydrogens (tertiary/aromatic N) is 1. The minimum absolute atomic E-state index is 0.380. The van der Waals surface area contributed by atoms with Gasteiger partial charge in [-0.05, 0) is 6.42 Å². The van der Waals surface area contributed by atoms with Gasteiger partial charge in [-0.2, -0.15) is 0 Å². The summed E-state index contributed by atoms with van der Waals surface area (Å²) < 4.78 is 11.6. The van der Waals surface area contributed by atoms with Gasteiger partial charge in [-0.1, -0.05) is 0 Å². The van der Waals surface area contributed by atoms with Gasteiger partial charge in [-0.15, -0.1) is 0 Å². The average molecular weight is 148 g/mol. The Labute approximate surface area is 60.0 Å². The van der Waals surface area contributed by atoms with Crippen molar-refractivity contribution in [2.24, 2.45) is 5.73 Å². The lowest BCUT2D eigenvalue weighted by Gasteiger charge is -2.14. The summed E-state index contributed by atoms with van der Waals surface area (Å²) >= 11 is 0. The van der Waals surface area contributed by atoms with E-state index in [1.54, 1.807) is 0 Å². The van der Waals surface area contributed by atoms with Crippen molar-refractivity contribution in [1.29, 1.82) is 0 Å². The molecule has 1 amide bonds. The number of hydrogen-bond donors (Lipinski definition) is 1. The fraction of sp³-hybridized carbons (Fsp3) is 0.833. The van der Waals surface area contributed by atoms with Gasteiger partial charge in [0.25, 0.3) is 0 Å². The van der Waals surface area contributed by atoms with Crippen LogP contribution in [-0.4, -0.2) is 37.6 Å².